The van der Waals surface area contributed by atoms with Crippen LogP contribution in [0.15, 0.2) is 23.1 Å². The smallest absolute Gasteiger partial charge is 0.251 e. The molecule has 1 aromatic carbocycles. The average Bonchev–Trinajstić information content (AvgIpc) is 3.02. The van der Waals surface area contributed by atoms with E-state index in [0.29, 0.717) is 24.6 Å². The molecule has 1 atom stereocenters. The fraction of sp³-hybridized carbons (Fsp3) is 0.588. The SMILES string of the molecule is Cc1ccc(S(=O)(=O)N2CCCC2)cc1C(=O)NC(C)C(C)C. The Labute approximate surface area is 139 Å². The van der Waals surface area contributed by atoms with E-state index in [2.05, 4.69) is 5.32 Å². The monoisotopic (exact) mass is 338 g/mol. The first-order chi connectivity index (χ1) is 10.7. The van der Waals surface area contributed by atoms with Crippen molar-refractivity contribution in [1.29, 1.82) is 0 Å². The maximum Gasteiger partial charge on any atom is 0.251 e. The van der Waals surface area contributed by atoms with Crippen molar-refractivity contribution in [2.45, 2.75) is 51.5 Å². The maximum absolute atomic E-state index is 12.6. The van der Waals surface area contributed by atoms with Crippen LogP contribution in [-0.4, -0.2) is 37.8 Å². The summed E-state index contributed by atoms with van der Waals surface area (Å²) in [7, 11) is -3.50. The van der Waals surface area contributed by atoms with Gasteiger partial charge in [-0.25, -0.2) is 8.42 Å². The fourth-order valence-electron chi connectivity index (χ4n) is 2.53. The van der Waals surface area contributed by atoms with E-state index in [9.17, 15) is 13.2 Å². The summed E-state index contributed by atoms with van der Waals surface area (Å²) >= 11 is 0. The summed E-state index contributed by atoms with van der Waals surface area (Å²) in [6, 6.07) is 4.83. The molecule has 0 spiro atoms. The predicted octanol–water partition coefficient (Wildman–Crippen LogP) is 2.55. The molecule has 1 heterocycles. The topological polar surface area (TPSA) is 66.5 Å². The molecular formula is C17H26N2O3S. The molecule has 1 fully saturated rings. The van der Waals surface area contributed by atoms with Crippen LogP contribution in [0.1, 0.15) is 49.5 Å². The second-order valence-corrected chi connectivity index (χ2v) is 8.53. The Balaban J connectivity index is 2.30. The van der Waals surface area contributed by atoms with Gasteiger partial charge < -0.3 is 5.32 Å². The zero-order valence-electron chi connectivity index (χ0n) is 14.3. The molecule has 0 saturated carbocycles. The Bertz CT molecular complexity index is 677. The van der Waals surface area contributed by atoms with Crippen LogP contribution in [0.5, 0.6) is 0 Å². The molecule has 0 bridgehead atoms. The zero-order chi connectivity index (χ0) is 17.2. The summed E-state index contributed by atoms with van der Waals surface area (Å²) in [5, 5.41) is 2.94. The van der Waals surface area contributed by atoms with Gasteiger partial charge in [0.15, 0.2) is 0 Å². The molecule has 1 aliphatic rings. The highest BCUT2D eigenvalue weighted by atomic mass is 32.2. The van der Waals surface area contributed by atoms with Crippen LogP contribution in [0.3, 0.4) is 0 Å². The van der Waals surface area contributed by atoms with Gasteiger partial charge in [-0.05, 0) is 50.3 Å². The molecule has 23 heavy (non-hydrogen) atoms. The van der Waals surface area contributed by atoms with Gasteiger partial charge >= 0.3 is 0 Å². The van der Waals surface area contributed by atoms with Crippen molar-refractivity contribution >= 4 is 15.9 Å². The highest BCUT2D eigenvalue weighted by Gasteiger charge is 2.28. The van der Waals surface area contributed by atoms with E-state index in [1.165, 1.54) is 10.4 Å². The molecular weight excluding hydrogens is 312 g/mol. The Morgan fingerprint density at radius 3 is 2.35 bits per heavy atom. The third-order valence-corrected chi connectivity index (χ3v) is 6.41. The molecule has 0 aliphatic carbocycles. The number of carbonyl (C=O) groups excluding carboxylic acids is 1. The molecule has 0 radical (unpaired) electrons. The van der Waals surface area contributed by atoms with Crippen LogP contribution < -0.4 is 5.32 Å². The number of nitrogens with one attached hydrogen (secondary N) is 1. The first kappa shape index (κ1) is 17.9. The third-order valence-electron chi connectivity index (χ3n) is 4.52. The van der Waals surface area contributed by atoms with Gasteiger partial charge in [-0.15, -0.1) is 0 Å². The van der Waals surface area contributed by atoms with Crippen molar-refractivity contribution in [1.82, 2.24) is 9.62 Å². The number of aryl methyl sites for hydroxylation is 1. The minimum Gasteiger partial charge on any atom is -0.349 e. The minimum absolute atomic E-state index is 0.0285. The molecule has 6 heteroatoms. The molecule has 1 saturated heterocycles. The molecule has 5 nitrogen and oxygen atoms in total. The summed E-state index contributed by atoms with van der Waals surface area (Å²) in [6.07, 6.45) is 1.79. The molecule has 1 aliphatic heterocycles. The summed E-state index contributed by atoms with van der Waals surface area (Å²) in [4.78, 5) is 12.7. The third kappa shape index (κ3) is 3.93. The predicted molar refractivity (Wildman–Crippen MR) is 90.9 cm³/mol. The lowest BCUT2D eigenvalue weighted by Gasteiger charge is -2.19. The van der Waals surface area contributed by atoms with Crippen molar-refractivity contribution in [2.75, 3.05) is 13.1 Å². The molecule has 2 rings (SSSR count). The number of benzene rings is 1. The first-order valence-electron chi connectivity index (χ1n) is 8.15. The van der Waals surface area contributed by atoms with Crippen LogP contribution in [0.2, 0.25) is 0 Å². The van der Waals surface area contributed by atoms with E-state index in [-0.39, 0.29) is 16.8 Å². The van der Waals surface area contributed by atoms with Crippen molar-refractivity contribution in [3.8, 4) is 0 Å². The van der Waals surface area contributed by atoms with E-state index >= 15 is 0 Å². The summed E-state index contributed by atoms with van der Waals surface area (Å²) in [5.41, 5.74) is 1.21. The van der Waals surface area contributed by atoms with E-state index in [4.69, 9.17) is 0 Å². The number of rotatable bonds is 5. The van der Waals surface area contributed by atoms with E-state index in [0.717, 1.165) is 18.4 Å². The van der Waals surface area contributed by atoms with Gasteiger partial charge in [0, 0.05) is 24.7 Å². The Morgan fingerprint density at radius 2 is 1.78 bits per heavy atom. The molecule has 1 unspecified atom stereocenters. The van der Waals surface area contributed by atoms with Gasteiger partial charge in [-0.1, -0.05) is 19.9 Å². The van der Waals surface area contributed by atoms with Crippen molar-refractivity contribution in [2.24, 2.45) is 5.92 Å². The minimum atomic E-state index is -3.50. The van der Waals surface area contributed by atoms with Crippen molar-refractivity contribution in [3.05, 3.63) is 29.3 Å². The summed E-state index contributed by atoms with van der Waals surface area (Å²) in [5.74, 6) is 0.0953. The maximum atomic E-state index is 12.6. The molecule has 1 amide bonds. The van der Waals surface area contributed by atoms with Gasteiger partial charge in [-0.3, -0.25) is 4.79 Å². The lowest BCUT2D eigenvalue weighted by Crippen LogP contribution is -2.36. The van der Waals surface area contributed by atoms with E-state index in [1.807, 2.05) is 27.7 Å². The summed E-state index contributed by atoms with van der Waals surface area (Å²) < 4.78 is 26.8. The Morgan fingerprint density at radius 1 is 1.17 bits per heavy atom. The molecule has 128 valence electrons. The van der Waals surface area contributed by atoms with Gasteiger partial charge in [0.2, 0.25) is 10.0 Å². The first-order valence-corrected chi connectivity index (χ1v) is 9.59. The number of hydrogen-bond donors (Lipinski definition) is 1. The molecule has 1 aromatic rings. The van der Waals surface area contributed by atoms with Crippen molar-refractivity contribution < 1.29 is 13.2 Å². The van der Waals surface area contributed by atoms with Gasteiger partial charge in [-0.2, -0.15) is 4.31 Å². The lowest BCUT2D eigenvalue weighted by atomic mass is 10.0. The van der Waals surface area contributed by atoms with Crippen LogP contribution in [0.4, 0.5) is 0 Å². The second kappa shape index (κ2) is 7.01. The normalized spacial score (nSPS) is 17.4. The largest absolute Gasteiger partial charge is 0.349 e. The standard InChI is InChI=1S/C17H26N2O3S/c1-12(2)14(4)18-17(20)16-11-15(8-7-13(16)3)23(21,22)19-9-5-6-10-19/h7-8,11-12,14H,5-6,9-10H2,1-4H3,(H,18,20). The van der Waals surface area contributed by atoms with Gasteiger partial charge in [0.25, 0.3) is 5.91 Å². The zero-order valence-corrected chi connectivity index (χ0v) is 15.1. The van der Waals surface area contributed by atoms with Gasteiger partial charge in [0.1, 0.15) is 0 Å². The molecule has 1 N–H and O–H groups in total. The number of sulfonamides is 1. The quantitative estimate of drug-likeness (QED) is 0.897. The van der Waals surface area contributed by atoms with Crippen LogP contribution in [0, 0.1) is 12.8 Å². The highest BCUT2D eigenvalue weighted by Crippen LogP contribution is 2.23. The molecule has 0 aromatic heterocycles. The summed E-state index contributed by atoms with van der Waals surface area (Å²) in [6.45, 7) is 8.95. The average molecular weight is 338 g/mol. The lowest BCUT2D eigenvalue weighted by molar-refractivity contribution is 0.0929. The fourth-order valence-corrected chi connectivity index (χ4v) is 4.08. The number of hydrogen-bond acceptors (Lipinski definition) is 3. The number of nitrogens with zero attached hydrogens (tertiary/aromatic N) is 1. The highest BCUT2D eigenvalue weighted by molar-refractivity contribution is 7.89. The number of amides is 1. The Hall–Kier alpha value is -1.40. The van der Waals surface area contributed by atoms with E-state index < -0.39 is 10.0 Å². The van der Waals surface area contributed by atoms with Crippen molar-refractivity contribution in [3.63, 3.8) is 0 Å². The van der Waals surface area contributed by atoms with Crippen LogP contribution in [-0.2, 0) is 10.0 Å². The Kier molecular flexibility index (Phi) is 5.47. The number of carbonyl (C=O) groups is 1. The second-order valence-electron chi connectivity index (χ2n) is 6.59. The van der Waals surface area contributed by atoms with E-state index in [1.54, 1.807) is 12.1 Å². The van der Waals surface area contributed by atoms with Crippen LogP contribution in [0.25, 0.3) is 0 Å². The van der Waals surface area contributed by atoms with Gasteiger partial charge in [0.05, 0.1) is 4.90 Å². The van der Waals surface area contributed by atoms with Crippen LogP contribution >= 0.6 is 0 Å².